The number of nitrogens with zero attached hydrogens (tertiary/aromatic N) is 4. The molecule has 0 saturated carbocycles. The van der Waals surface area contributed by atoms with Crippen molar-refractivity contribution in [1.82, 2.24) is 25.1 Å². The lowest BCUT2D eigenvalue weighted by Crippen LogP contribution is -2.24. The number of amides is 1. The van der Waals surface area contributed by atoms with E-state index in [9.17, 15) is 4.79 Å². The predicted molar refractivity (Wildman–Crippen MR) is 107 cm³/mol. The Morgan fingerprint density at radius 1 is 1.11 bits per heavy atom. The van der Waals surface area contributed by atoms with E-state index in [1.807, 2.05) is 43.3 Å². The Kier molecular flexibility index (Phi) is 6.59. The van der Waals surface area contributed by atoms with Crippen LogP contribution in [-0.2, 0) is 17.9 Å². The number of hydrogen-bond donors (Lipinski definition) is 1. The molecule has 0 aliphatic heterocycles. The van der Waals surface area contributed by atoms with Gasteiger partial charge in [0.1, 0.15) is 0 Å². The van der Waals surface area contributed by atoms with Crippen LogP contribution in [0.3, 0.4) is 0 Å². The molecule has 0 saturated heterocycles. The first-order valence-electron chi connectivity index (χ1n) is 8.96. The lowest BCUT2D eigenvalue weighted by atomic mass is 10.1. The van der Waals surface area contributed by atoms with Gasteiger partial charge in [0, 0.05) is 31.0 Å². The summed E-state index contributed by atoms with van der Waals surface area (Å²) < 4.78 is 2.06. The van der Waals surface area contributed by atoms with Crippen molar-refractivity contribution in [2.75, 3.05) is 5.75 Å². The van der Waals surface area contributed by atoms with Crippen molar-refractivity contribution in [2.45, 2.75) is 38.5 Å². The van der Waals surface area contributed by atoms with Crippen molar-refractivity contribution >= 4 is 17.7 Å². The van der Waals surface area contributed by atoms with Gasteiger partial charge in [-0.1, -0.05) is 48.5 Å². The van der Waals surface area contributed by atoms with E-state index in [1.54, 1.807) is 12.4 Å². The van der Waals surface area contributed by atoms with Crippen LogP contribution in [0, 0.1) is 6.92 Å². The first-order chi connectivity index (χ1) is 13.2. The number of aryl methyl sites for hydroxylation is 1. The molecule has 140 valence electrons. The van der Waals surface area contributed by atoms with Crippen LogP contribution in [0.4, 0.5) is 0 Å². The fourth-order valence-corrected chi connectivity index (χ4v) is 3.42. The predicted octanol–water partition coefficient (Wildman–Crippen LogP) is 3.47. The van der Waals surface area contributed by atoms with Gasteiger partial charge in [-0.2, -0.15) is 0 Å². The minimum Gasteiger partial charge on any atom is -0.351 e. The molecule has 1 N–H and O–H groups in total. The van der Waals surface area contributed by atoms with Gasteiger partial charge < -0.3 is 9.88 Å². The minimum atomic E-state index is -0.0166. The van der Waals surface area contributed by atoms with Crippen LogP contribution < -0.4 is 5.32 Å². The van der Waals surface area contributed by atoms with E-state index < -0.39 is 0 Å². The highest BCUT2D eigenvalue weighted by Crippen LogP contribution is 2.23. The number of aromatic nitrogens is 4. The summed E-state index contributed by atoms with van der Waals surface area (Å²) in [4.78, 5) is 16.3. The lowest BCUT2D eigenvalue weighted by Gasteiger charge is -2.09. The fourth-order valence-electron chi connectivity index (χ4n) is 2.62. The summed E-state index contributed by atoms with van der Waals surface area (Å²) in [5.41, 5.74) is 3.27. The molecule has 0 bridgehead atoms. The van der Waals surface area contributed by atoms with Crippen molar-refractivity contribution in [1.29, 1.82) is 0 Å². The molecule has 6 nitrogen and oxygen atoms in total. The number of thioether (sulfide) groups is 1. The van der Waals surface area contributed by atoms with Gasteiger partial charge in [0.2, 0.25) is 5.91 Å². The summed E-state index contributed by atoms with van der Waals surface area (Å²) in [6.07, 6.45) is 4.45. The van der Waals surface area contributed by atoms with Gasteiger partial charge in [0.25, 0.3) is 0 Å². The monoisotopic (exact) mass is 381 g/mol. The van der Waals surface area contributed by atoms with Gasteiger partial charge in [0.15, 0.2) is 11.0 Å². The maximum Gasteiger partial charge on any atom is 0.230 e. The third kappa shape index (κ3) is 5.17. The Balaban J connectivity index is 1.61. The molecule has 0 spiro atoms. The van der Waals surface area contributed by atoms with Gasteiger partial charge in [0.05, 0.1) is 5.75 Å². The SMILES string of the molecule is CCCn1c(SCC(=O)NCc2ccc(C)cc2)nnc1-c1ccncc1. The highest BCUT2D eigenvalue weighted by atomic mass is 32.2. The van der Waals surface area contributed by atoms with E-state index in [2.05, 4.69) is 32.0 Å². The number of hydrogen-bond acceptors (Lipinski definition) is 5. The normalized spacial score (nSPS) is 10.7. The molecule has 0 atom stereocenters. The summed E-state index contributed by atoms with van der Waals surface area (Å²) >= 11 is 1.41. The van der Waals surface area contributed by atoms with Gasteiger partial charge in [-0.3, -0.25) is 9.78 Å². The van der Waals surface area contributed by atoms with Crippen LogP contribution in [-0.4, -0.2) is 31.4 Å². The molecule has 3 aromatic rings. The second kappa shape index (κ2) is 9.32. The quantitative estimate of drug-likeness (QED) is 0.605. The summed E-state index contributed by atoms with van der Waals surface area (Å²) in [7, 11) is 0. The molecule has 27 heavy (non-hydrogen) atoms. The summed E-state index contributed by atoms with van der Waals surface area (Å²) in [6, 6.07) is 12.0. The van der Waals surface area contributed by atoms with Gasteiger partial charge in [-0.25, -0.2) is 0 Å². The van der Waals surface area contributed by atoms with Crippen molar-refractivity contribution in [2.24, 2.45) is 0 Å². The van der Waals surface area contributed by atoms with Crippen molar-refractivity contribution in [3.05, 3.63) is 59.9 Å². The Hall–Kier alpha value is -2.67. The molecule has 0 fully saturated rings. The summed E-state index contributed by atoms with van der Waals surface area (Å²) in [5, 5.41) is 12.3. The Labute approximate surface area is 163 Å². The zero-order chi connectivity index (χ0) is 19.1. The molecule has 1 aromatic carbocycles. The smallest absolute Gasteiger partial charge is 0.230 e. The van der Waals surface area contributed by atoms with Gasteiger partial charge in [-0.15, -0.1) is 10.2 Å². The average molecular weight is 382 g/mol. The number of benzene rings is 1. The van der Waals surface area contributed by atoms with Crippen LogP contribution in [0.2, 0.25) is 0 Å². The zero-order valence-corrected chi connectivity index (χ0v) is 16.4. The van der Waals surface area contributed by atoms with Crippen LogP contribution in [0.15, 0.2) is 53.9 Å². The van der Waals surface area contributed by atoms with E-state index in [4.69, 9.17) is 0 Å². The lowest BCUT2D eigenvalue weighted by molar-refractivity contribution is -0.118. The first kappa shape index (κ1) is 19.1. The average Bonchev–Trinajstić information content (AvgIpc) is 3.09. The number of carbonyl (C=O) groups is 1. The molecular formula is C20H23N5OS. The third-order valence-electron chi connectivity index (χ3n) is 4.05. The molecule has 0 unspecified atom stereocenters. The van der Waals surface area contributed by atoms with Gasteiger partial charge in [-0.05, 0) is 31.0 Å². The van der Waals surface area contributed by atoms with E-state index in [1.165, 1.54) is 17.3 Å². The van der Waals surface area contributed by atoms with Crippen LogP contribution >= 0.6 is 11.8 Å². The molecule has 7 heteroatoms. The summed E-state index contributed by atoms with van der Waals surface area (Å²) in [5.74, 6) is 1.10. The molecule has 2 aromatic heterocycles. The number of nitrogens with one attached hydrogen (secondary N) is 1. The van der Waals surface area contributed by atoms with Crippen LogP contribution in [0.1, 0.15) is 24.5 Å². The van der Waals surface area contributed by atoms with Crippen molar-refractivity contribution in [3.63, 3.8) is 0 Å². The second-order valence-electron chi connectivity index (χ2n) is 6.24. The van der Waals surface area contributed by atoms with Crippen molar-refractivity contribution in [3.8, 4) is 11.4 Å². The molecule has 0 aliphatic carbocycles. The minimum absolute atomic E-state index is 0.0166. The van der Waals surface area contributed by atoms with E-state index >= 15 is 0 Å². The van der Waals surface area contributed by atoms with Crippen LogP contribution in [0.5, 0.6) is 0 Å². The molecule has 1 amide bonds. The van der Waals surface area contributed by atoms with E-state index in [0.29, 0.717) is 12.3 Å². The highest BCUT2D eigenvalue weighted by molar-refractivity contribution is 7.99. The Morgan fingerprint density at radius 2 is 1.85 bits per heavy atom. The number of carbonyl (C=O) groups excluding carboxylic acids is 1. The fraction of sp³-hybridized carbons (Fsp3) is 0.300. The van der Waals surface area contributed by atoms with E-state index in [0.717, 1.165) is 35.1 Å². The Bertz CT molecular complexity index is 877. The third-order valence-corrected chi connectivity index (χ3v) is 5.01. The largest absolute Gasteiger partial charge is 0.351 e. The molecule has 0 aliphatic rings. The van der Waals surface area contributed by atoms with E-state index in [-0.39, 0.29) is 5.91 Å². The summed E-state index contributed by atoms with van der Waals surface area (Å²) in [6.45, 7) is 5.49. The topological polar surface area (TPSA) is 72.7 Å². The second-order valence-corrected chi connectivity index (χ2v) is 7.19. The van der Waals surface area contributed by atoms with Crippen LogP contribution in [0.25, 0.3) is 11.4 Å². The number of rotatable bonds is 8. The standard InChI is InChI=1S/C20H23N5OS/c1-3-12-25-19(17-8-10-21-11-9-17)23-24-20(25)27-14-18(26)22-13-16-6-4-15(2)5-7-16/h4-11H,3,12-14H2,1-2H3,(H,22,26). The maximum absolute atomic E-state index is 12.2. The molecule has 3 rings (SSSR count). The zero-order valence-electron chi connectivity index (χ0n) is 15.6. The maximum atomic E-state index is 12.2. The molecule has 0 radical (unpaired) electrons. The van der Waals surface area contributed by atoms with Crippen molar-refractivity contribution < 1.29 is 4.79 Å². The number of pyridine rings is 1. The van der Waals surface area contributed by atoms with Gasteiger partial charge >= 0.3 is 0 Å². The first-order valence-corrected chi connectivity index (χ1v) is 9.94. The Morgan fingerprint density at radius 3 is 2.56 bits per heavy atom. The highest BCUT2D eigenvalue weighted by Gasteiger charge is 2.15. The molecule has 2 heterocycles. The molecular weight excluding hydrogens is 358 g/mol.